The molecule has 0 radical (unpaired) electrons. The molecule has 1 saturated heterocycles. The van der Waals surface area contributed by atoms with Gasteiger partial charge in [0.25, 0.3) is 0 Å². The van der Waals surface area contributed by atoms with Crippen LogP contribution in [0.5, 0.6) is 0 Å². The van der Waals surface area contributed by atoms with E-state index in [1.165, 1.54) is 23.0 Å². The minimum Gasteiger partial charge on any atom is -0.326 e. The Morgan fingerprint density at radius 1 is 0.943 bits per heavy atom. The number of thioether (sulfide) groups is 1. The van der Waals surface area contributed by atoms with Crippen molar-refractivity contribution in [2.45, 2.75) is 29.8 Å². The molecule has 3 aromatic rings. The summed E-state index contributed by atoms with van der Waals surface area (Å²) in [5, 5.41) is 14.4. The number of nitrogens with zero attached hydrogens (tertiary/aromatic N) is 4. The number of sulfonamides is 1. The average Bonchev–Trinajstić information content (AvgIpc) is 3.50. The Bertz CT molecular complexity index is 1320. The second kappa shape index (κ2) is 10.6. The van der Waals surface area contributed by atoms with Crippen molar-refractivity contribution in [2.75, 3.05) is 29.5 Å². The zero-order valence-corrected chi connectivity index (χ0v) is 21.0. The number of anilines is 2. The van der Waals surface area contributed by atoms with Crippen LogP contribution >= 0.6 is 11.8 Å². The predicted octanol–water partition coefficient (Wildman–Crippen LogP) is 2.96. The number of hydrogen-bond donors (Lipinski definition) is 2. The van der Waals surface area contributed by atoms with Crippen molar-refractivity contribution >= 4 is 45.0 Å². The van der Waals surface area contributed by atoms with Gasteiger partial charge in [0.1, 0.15) is 0 Å². The minimum absolute atomic E-state index is 0.131. The minimum atomic E-state index is -3.47. The molecule has 1 aliphatic rings. The van der Waals surface area contributed by atoms with Gasteiger partial charge in [-0.2, -0.15) is 4.31 Å². The maximum absolute atomic E-state index is 12.7. The van der Waals surface area contributed by atoms with E-state index in [4.69, 9.17) is 0 Å². The van der Waals surface area contributed by atoms with Gasteiger partial charge in [-0.05, 0) is 61.4 Å². The fourth-order valence-electron chi connectivity index (χ4n) is 3.71. The van der Waals surface area contributed by atoms with Gasteiger partial charge >= 0.3 is 0 Å². The van der Waals surface area contributed by atoms with Gasteiger partial charge in [-0.25, -0.2) is 8.42 Å². The van der Waals surface area contributed by atoms with Crippen LogP contribution in [0.1, 0.15) is 19.8 Å². The molecule has 2 heterocycles. The van der Waals surface area contributed by atoms with Gasteiger partial charge in [-0.1, -0.05) is 11.8 Å². The van der Waals surface area contributed by atoms with Gasteiger partial charge in [0.2, 0.25) is 21.8 Å². The predicted molar refractivity (Wildman–Crippen MR) is 135 cm³/mol. The fraction of sp³-hybridized carbons (Fsp3) is 0.304. The SMILES string of the molecule is CC(=O)Nc1ccc(NC(=O)CSc2nnc(-c3ccc(S(=O)(=O)N4CCCC4)cc3)n2C)cc1. The van der Waals surface area contributed by atoms with E-state index in [-0.39, 0.29) is 22.5 Å². The van der Waals surface area contributed by atoms with Crippen molar-refractivity contribution in [1.82, 2.24) is 19.1 Å². The maximum atomic E-state index is 12.7. The van der Waals surface area contributed by atoms with Crippen LogP contribution in [0.4, 0.5) is 11.4 Å². The Balaban J connectivity index is 1.36. The first-order valence-corrected chi connectivity index (χ1v) is 13.5. The largest absolute Gasteiger partial charge is 0.326 e. The lowest BCUT2D eigenvalue weighted by Gasteiger charge is -2.15. The second-order valence-electron chi connectivity index (χ2n) is 8.10. The number of benzene rings is 2. The molecule has 0 atom stereocenters. The van der Waals surface area contributed by atoms with Crippen molar-refractivity contribution in [3.63, 3.8) is 0 Å². The molecule has 2 aromatic carbocycles. The Labute approximate surface area is 208 Å². The second-order valence-corrected chi connectivity index (χ2v) is 11.0. The van der Waals surface area contributed by atoms with Crippen molar-refractivity contribution in [2.24, 2.45) is 7.05 Å². The van der Waals surface area contributed by atoms with E-state index >= 15 is 0 Å². The summed E-state index contributed by atoms with van der Waals surface area (Å²) in [5.74, 6) is 0.339. The first kappa shape index (κ1) is 24.9. The van der Waals surface area contributed by atoms with Gasteiger partial charge in [0.05, 0.1) is 10.6 Å². The molecule has 2 amide bonds. The molecular weight excluding hydrogens is 488 g/mol. The normalized spacial score (nSPS) is 14.1. The number of carbonyl (C=O) groups is 2. The van der Waals surface area contributed by atoms with E-state index in [1.807, 2.05) is 0 Å². The summed E-state index contributed by atoms with van der Waals surface area (Å²) in [6.45, 7) is 2.55. The van der Waals surface area contributed by atoms with E-state index < -0.39 is 10.0 Å². The summed E-state index contributed by atoms with van der Waals surface area (Å²) in [6, 6.07) is 13.5. The Hall–Kier alpha value is -3.22. The third kappa shape index (κ3) is 5.89. The van der Waals surface area contributed by atoms with Crippen LogP contribution in [0.15, 0.2) is 58.6 Å². The average molecular weight is 515 g/mol. The van der Waals surface area contributed by atoms with Crippen LogP contribution in [-0.2, 0) is 26.7 Å². The highest BCUT2D eigenvalue weighted by atomic mass is 32.2. The van der Waals surface area contributed by atoms with Gasteiger partial charge < -0.3 is 15.2 Å². The molecule has 12 heteroatoms. The van der Waals surface area contributed by atoms with Crippen LogP contribution in [0.2, 0.25) is 0 Å². The number of nitrogens with one attached hydrogen (secondary N) is 2. The summed E-state index contributed by atoms with van der Waals surface area (Å²) in [7, 11) is -1.67. The molecule has 35 heavy (non-hydrogen) atoms. The molecule has 0 bridgehead atoms. The lowest BCUT2D eigenvalue weighted by molar-refractivity contribution is -0.114. The Morgan fingerprint density at radius 3 is 2.14 bits per heavy atom. The van der Waals surface area contributed by atoms with Crippen molar-refractivity contribution < 1.29 is 18.0 Å². The van der Waals surface area contributed by atoms with Gasteiger partial charge in [0, 0.05) is 44.0 Å². The Morgan fingerprint density at radius 2 is 1.54 bits per heavy atom. The van der Waals surface area contributed by atoms with Crippen LogP contribution in [0.3, 0.4) is 0 Å². The fourth-order valence-corrected chi connectivity index (χ4v) is 5.94. The van der Waals surface area contributed by atoms with Crippen LogP contribution in [0, 0.1) is 0 Å². The lowest BCUT2D eigenvalue weighted by Crippen LogP contribution is -2.27. The van der Waals surface area contributed by atoms with Crippen molar-refractivity contribution in [1.29, 1.82) is 0 Å². The first-order chi connectivity index (χ1) is 16.7. The molecule has 1 fully saturated rings. The highest BCUT2D eigenvalue weighted by Gasteiger charge is 2.27. The summed E-state index contributed by atoms with van der Waals surface area (Å²) < 4.78 is 28.7. The van der Waals surface area contributed by atoms with E-state index in [0.29, 0.717) is 35.4 Å². The molecule has 0 saturated carbocycles. The summed E-state index contributed by atoms with van der Waals surface area (Å²) >= 11 is 1.24. The van der Waals surface area contributed by atoms with Gasteiger partial charge in [-0.3, -0.25) is 9.59 Å². The standard InChI is InChI=1S/C23H26N6O4S2/c1-16(30)24-18-7-9-19(10-8-18)25-21(31)15-34-23-27-26-22(28(23)2)17-5-11-20(12-6-17)35(32,33)29-13-3-4-14-29/h5-12H,3-4,13-15H2,1-2H3,(H,24,30)(H,25,31). The van der Waals surface area contributed by atoms with E-state index in [9.17, 15) is 18.0 Å². The molecule has 1 aromatic heterocycles. The molecule has 1 aliphatic heterocycles. The van der Waals surface area contributed by atoms with Crippen LogP contribution < -0.4 is 10.6 Å². The molecule has 0 unspecified atom stereocenters. The molecule has 0 spiro atoms. The molecule has 2 N–H and O–H groups in total. The van der Waals surface area contributed by atoms with Gasteiger partial charge in [-0.15, -0.1) is 10.2 Å². The first-order valence-electron chi connectivity index (χ1n) is 11.0. The van der Waals surface area contributed by atoms with Crippen molar-refractivity contribution in [3.05, 3.63) is 48.5 Å². The molecular formula is C23H26N6O4S2. The number of carbonyl (C=O) groups excluding carboxylic acids is 2. The quantitative estimate of drug-likeness (QED) is 0.443. The third-order valence-electron chi connectivity index (χ3n) is 5.47. The highest BCUT2D eigenvalue weighted by Crippen LogP contribution is 2.26. The molecule has 184 valence electrons. The van der Waals surface area contributed by atoms with Crippen molar-refractivity contribution in [3.8, 4) is 11.4 Å². The lowest BCUT2D eigenvalue weighted by atomic mass is 10.2. The van der Waals surface area contributed by atoms with Gasteiger partial charge in [0.15, 0.2) is 11.0 Å². The molecule has 0 aliphatic carbocycles. The maximum Gasteiger partial charge on any atom is 0.243 e. The summed E-state index contributed by atoms with van der Waals surface area (Å²) in [5.41, 5.74) is 2.00. The van der Waals surface area contributed by atoms with E-state index in [2.05, 4.69) is 20.8 Å². The number of rotatable bonds is 8. The Kier molecular flexibility index (Phi) is 7.53. The zero-order valence-electron chi connectivity index (χ0n) is 19.4. The topological polar surface area (TPSA) is 126 Å². The van der Waals surface area contributed by atoms with Crippen LogP contribution in [-0.4, -0.2) is 58.1 Å². The zero-order chi connectivity index (χ0) is 25.0. The number of hydrogen-bond acceptors (Lipinski definition) is 7. The number of amides is 2. The van der Waals surface area contributed by atoms with E-state index in [0.717, 1.165) is 18.4 Å². The van der Waals surface area contributed by atoms with Crippen LogP contribution in [0.25, 0.3) is 11.4 Å². The molecule has 4 rings (SSSR count). The summed E-state index contributed by atoms with van der Waals surface area (Å²) in [6.07, 6.45) is 1.78. The highest BCUT2D eigenvalue weighted by molar-refractivity contribution is 7.99. The third-order valence-corrected chi connectivity index (χ3v) is 8.40. The smallest absolute Gasteiger partial charge is 0.243 e. The van der Waals surface area contributed by atoms with E-state index in [1.54, 1.807) is 60.1 Å². The number of aromatic nitrogens is 3. The molecule has 10 nitrogen and oxygen atoms in total. The summed E-state index contributed by atoms with van der Waals surface area (Å²) in [4.78, 5) is 23.7. The monoisotopic (exact) mass is 514 g/mol.